The first-order valence-corrected chi connectivity index (χ1v) is 13.0. The molecule has 0 bridgehead atoms. The van der Waals surface area contributed by atoms with E-state index in [4.69, 9.17) is 14.5 Å². The van der Waals surface area contributed by atoms with Crippen LogP contribution in [0.3, 0.4) is 0 Å². The molecule has 172 valence electrons. The van der Waals surface area contributed by atoms with Crippen molar-refractivity contribution in [2.75, 3.05) is 18.3 Å². The Morgan fingerprint density at radius 3 is 2.76 bits per heavy atom. The molecule has 1 aliphatic carbocycles. The van der Waals surface area contributed by atoms with Crippen LogP contribution in [0.1, 0.15) is 58.5 Å². The van der Waals surface area contributed by atoms with Crippen molar-refractivity contribution in [2.24, 2.45) is 0 Å². The lowest BCUT2D eigenvalue weighted by molar-refractivity contribution is 0.0952. The SMILES string of the molecule is Cc1nn(C2CCS(=O)(=O)C2)c2nc(C3CC3)cc(C(=O)NCc3ccc4c(c3)OCO4)c12. The van der Waals surface area contributed by atoms with Crippen LogP contribution < -0.4 is 14.8 Å². The molecule has 10 heteroatoms. The second-order valence-corrected chi connectivity index (χ2v) is 11.3. The Balaban J connectivity index is 1.34. The van der Waals surface area contributed by atoms with Gasteiger partial charge >= 0.3 is 0 Å². The van der Waals surface area contributed by atoms with E-state index in [0.717, 1.165) is 24.1 Å². The smallest absolute Gasteiger partial charge is 0.252 e. The highest BCUT2D eigenvalue weighted by Crippen LogP contribution is 2.41. The molecule has 1 N–H and O–H groups in total. The highest BCUT2D eigenvalue weighted by molar-refractivity contribution is 7.91. The Bertz CT molecular complexity index is 1390. The lowest BCUT2D eigenvalue weighted by Gasteiger charge is -2.12. The average Bonchev–Trinajstić information content (AvgIpc) is 3.30. The summed E-state index contributed by atoms with van der Waals surface area (Å²) in [7, 11) is -3.07. The van der Waals surface area contributed by atoms with E-state index in [2.05, 4.69) is 10.4 Å². The first-order valence-electron chi connectivity index (χ1n) is 11.1. The maximum atomic E-state index is 13.3. The molecule has 2 aliphatic heterocycles. The molecule has 3 aromatic rings. The van der Waals surface area contributed by atoms with Gasteiger partial charge in [-0.25, -0.2) is 18.1 Å². The van der Waals surface area contributed by atoms with Gasteiger partial charge in [0.25, 0.3) is 5.91 Å². The highest BCUT2D eigenvalue weighted by Gasteiger charge is 2.34. The summed E-state index contributed by atoms with van der Waals surface area (Å²) >= 11 is 0. The van der Waals surface area contributed by atoms with Gasteiger partial charge in [0.05, 0.1) is 34.2 Å². The van der Waals surface area contributed by atoms with Gasteiger partial charge in [0.1, 0.15) is 0 Å². The molecule has 6 rings (SSSR count). The number of fused-ring (bicyclic) bond motifs is 2. The summed E-state index contributed by atoms with van der Waals surface area (Å²) in [6.07, 6.45) is 2.60. The Hall–Kier alpha value is -3.14. The summed E-state index contributed by atoms with van der Waals surface area (Å²) in [5.41, 5.74) is 3.60. The van der Waals surface area contributed by atoms with Crippen LogP contribution in [0.4, 0.5) is 0 Å². The van der Waals surface area contributed by atoms with Gasteiger partial charge < -0.3 is 14.8 Å². The number of benzene rings is 1. The van der Waals surface area contributed by atoms with Crippen molar-refractivity contribution in [1.82, 2.24) is 20.1 Å². The third-order valence-electron chi connectivity index (χ3n) is 6.54. The lowest BCUT2D eigenvalue weighted by Crippen LogP contribution is -2.23. The summed E-state index contributed by atoms with van der Waals surface area (Å²) < 4.78 is 36.6. The second-order valence-electron chi connectivity index (χ2n) is 9.02. The van der Waals surface area contributed by atoms with Crippen LogP contribution in [0, 0.1) is 6.92 Å². The summed E-state index contributed by atoms with van der Waals surface area (Å²) in [5.74, 6) is 1.72. The van der Waals surface area contributed by atoms with Crippen molar-refractivity contribution in [3.05, 3.63) is 46.8 Å². The van der Waals surface area contributed by atoms with E-state index < -0.39 is 9.84 Å². The number of nitrogens with one attached hydrogen (secondary N) is 1. The number of pyridine rings is 1. The van der Waals surface area contributed by atoms with Crippen molar-refractivity contribution < 1.29 is 22.7 Å². The van der Waals surface area contributed by atoms with Gasteiger partial charge in [0.2, 0.25) is 6.79 Å². The van der Waals surface area contributed by atoms with E-state index in [1.807, 2.05) is 31.2 Å². The van der Waals surface area contributed by atoms with Crippen molar-refractivity contribution in [1.29, 1.82) is 0 Å². The van der Waals surface area contributed by atoms with Crippen LogP contribution in [-0.2, 0) is 16.4 Å². The Kier molecular flexibility index (Phi) is 4.62. The van der Waals surface area contributed by atoms with Gasteiger partial charge in [0, 0.05) is 18.2 Å². The fraction of sp³-hybridized carbons (Fsp3) is 0.435. The molecular formula is C23H24N4O5S. The minimum absolute atomic E-state index is 0.0597. The maximum absolute atomic E-state index is 13.3. The molecule has 0 radical (unpaired) electrons. The number of rotatable bonds is 5. The van der Waals surface area contributed by atoms with Crippen molar-refractivity contribution >= 4 is 26.8 Å². The number of nitrogens with zero attached hydrogens (tertiary/aromatic N) is 3. The topological polar surface area (TPSA) is 112 Å². The molecule has 0 spiro atoms. The molecule has 1 atom stereocenters. The number of carbonyl (C=O) groups excluding carboxylic acids is 1. The Labute approximate surface area is 191 Å². The molecule has 1 aromatic carbocycles. The van der Waals surface area contributed by atoms with Crippen LogP contribution in [0.25, 0.3) is 11.0 Å². The number of hydrogen-bond donors (Lipinski definition) is 1. The van der Waals surface area contributed by atoms with Gasteiger partial charge in [-0.3, -0.25) is 4.79 Å². The van der Waals surface area contributed by atoms with E-state index in [-0.39, 0.29) is 30.2 Å². The van der Waals surface area contributed by atoms with Gasteiger partial charge in [-0.1, -0.05) is 6.07 Å². The van der Waals surface area contributed by atoms with Crippen LogP contribution in [-0.4, -0.2) is 47.4 Å². The van der Waals surface area contributed by atoms with Crippen molar-refractivity contribution in [2.45, 2.75) is 44.7 Å². The zero-order valence-corrected chi connectivity index (χ0v) is 19.0. The minimum Gasteiger partial charge on any atom is -0.454 e. The van der Waals surface area contributed by atoms with E-state index >= 15 is 0 Å². The first kappa shape index (κ1) is 20.5. The normalized spacial score (nSPS) is 20.9. The molecule has 2 fully saturated rings. The van der Waals surface area contributed by atoms with E-state index in [0.29, 0.717) is 52.7 Å². The fourth-order valence-electron chi connectivity index (χ4n) is 4.65. The molecule has 3 aliphatic rings. The first-order chi connectivity index (χ1) is 15.9. The second kappa shape index (κ2) is 7.44. The summed E-state index contributed by atoms with van der Waals surface area (Å²) in [5, 5.41) is 8.33. The van der Waals surface area contributed by atoms with E-state index in [9.17, 15) is 13.2 Å². The molecule has 1 saturated heterocycles. The predicted molar refractivity (Wildman–Crippen MR) is 120 cm³/mol. The zero-order chi connectivity index (χ0) is 22.7. The monoisotopic (exact) mass is 468 g/mol. The van der Waals surface area contributed by atoms with Crippen molar-refractivity contribution in [3.63, 3.8) is 0 Å². The molecule has 1 unspecified atom stereocenters. The standard InChI is InChI=1S/C23H24N4O5S/c1-13-21-17(23(28)24-10-14-2-5-19-20(8-14)32-12-31-19)9-18(15-3-4-15)25-22(21)27(26-13)16-6-7-33(29,30)11-16/h2,5,8-9,15-16H,3-4,6-7,10-12H2,1H3,(H,24,28). The molecule has 4 heterocycles. The van der Waals surface area contributed by atoms with Gasteiger partial charge in [-0.2, -0.15) is 5.10 Å². The maximum Gasteiger partial charge on any atom is 0.252 e. The largest absolute Gasteiger partial charge is 0.454 e. The molecule has 2 aromatic heterocycles. The molecule has 1 amide bonds. The number of sulfone groups is 1. The Morgan fingerprint density at radius 2 is 2.00 bits per heavy atom. The van der Waals surface area contributed by atoms with Gasteiger partial charge in [-0.15, -0.1) is 0 Å². The number of hydrogen-bond acceptors (Lipinski definition) is 7. The van der Waals surface area contributed by atoms with E-state index in [1.54, 1.807) is 4.68 Å². The van der Waals surface area contributed by atoms with Crippen LogP contribution >= 0.6 is 0 Å². The third kappa shape index (κ3) is 3.72. The number of aromatic nitrogens is 3. The summed E-state index contributed by atoms with van der Waals surface area (Å²) in [6, 6.07) is 7.22. The van der Waals surface area contributed by atoms with Gasteiger partial charge in [-0.05, 0) is 49.9 Å². The third-order valence-corrected chi connectivity index (χ3v) is 8.29. The fourth-order valence-corrected chi connectivity index (χ4v) is 6.34. The van der Waals surface area contributed by atoms with E-state index in [1.165, 1.54) is 0 Å². The lowest BCUT2D eigenvalue weighted by atomic mass is 10.1. The predicted octanol–water partition coefficient (Wildman–Crippen LogP) is 2.64. The van der Waals surface area contributed by atoms with Gasteiger partial charge in [0.15, 0.2) is 27.0 Å². The molecule has 9 nitrogen and oxygen atoms in total. The highest BCUT2D eigenvalue weighted by atomic mass is 32.2. The minimum atomic E-state index is -3.07. The number of amides is 1. The van der Waals surface area contributed by atoms with Crippen LogP contribution in [0.2, 0.25) is 0 Å². The number of carbonyl (C=O) groups is 1. The molecule has 1 saturated carbocycles. The zero-order valence-electron chi connectivity index (χ0n) is 18.2. The number of aryl methyl sites for hydroxylation is 1. The number of ether oxygens (including phenoxy) is 2. The van der Waals surface area contributed by atoms with Crippen LogP contribution in [0.5, 0.6) is 11.5 Å². The van der Waals surface area contributed by atoms with Crippen LogP contribution in [0.15, 0.2) is 24.3 Å². The molecular weight excluding hydrogens is 444 g/mol. The quantitative estimate of drug-likeness (QED) is 0.613. The Morgan fingerprint density at radius 1 is 1.18 bits per heavy atom. The summed E-state index contributed by atoms with van der Waals surface area (Å²) in [4.78, 5) is 18.2. The average molecular weight is 469 g/mol. The molecule has 33 heavy (non-hydrogen) atoms. The van der Waals surface area contributed by atoms with Crippen molar-refractivity contribution in [3.8, 4) is 11.5 Å². The summed E-state index contributed by atoms with van der Waals surface area (Å²) in [6.45, 7) is 2.39.